The Balaban J connectivity index is 1.15. The summed E-state index contributed by atoms with van der Waals surface area (Å²) in [4.78, 5) is 35.4. The number of ether oxygens (including phenoxy) is 1. The van der Waals surface area contributed by atoms with Crippen LogP contribution in [0.4, 0.5) is 4.79 Å². The standard InChI is InChI=1S/C25H28N2O5S/c28-23(27-22(24(29)30)13-16-9-10-16)15-33-12-11-26-25(31)32-14-21-19-7-3-1-5-17(19)18-6-2-4-8-20(18)21/h1-8,16,21-22H,9-15H2,(H,26,31)(H,27,28)(H,29,30). The number of thioether (sulfide) groups is 1. The van der Waals surface area contributed by atoms with Crippen LogP contribution in [-0.2, 0) is 14.3 Å². The first-order valence-corrected chi connectivity index (χ1v) is 12.4. The van der Waals surface area contributed by atoms with Crippen LogP contribution in [0.2, 0.25) is 0 Å². The average Bonchev–Trinajstić information content (AvgIpc) is 3.57. The molecule has 1 fully saturated rings. The average molecular weight is 469 g/mol. The Bertz CT molecular complexity index is 978. The van der Waals surface area contributed by atoms with Gasteiger partial charge in [0.05, 0.1) is 5.75 Å². The SMILES string of the molecule is O=C(CSCCNC(=O)OCC1c2ccccc2-c2ccccc21)NC(CC1CC1)C(=O)O. The number of carbonyl (C=O) groups is 3. The topological polar surface area (TPSA) is 105 Å². The van der Waals surface area contributed by atoms with Crippen molar-refractivity contribution in [3.8, 4) is 11.1 Å². The van der Waals surface area contributed by atoms with Gasteiger partial charge in [-0.25, -0.2) is 9.59 Å². The van der Waals surface area contributed by atoms with Crippen molar-refractivity contribution in [1.82, 2.24) is 10.6 Å². The number of carboxylic acids is 1. The molecular formula is C25H28N2O5S. The fourth-order valence-electron chi connectivity index (χ4n) is 4.18. The predicted molar refractivity (Wildman–Crippen MR) is 127 cm³/mol. The van der Waals surface area contributed by atoms with E-state index in [1.807, 2.05) is 24.3 Å². The molecule has 7 nitrogen and oxygen atoms in total. The summed E-state index contributed by atoms with van der Waals surface area (Å²) in [6.45, 7) is 0.617. The van der Waals surface area contributed by atoms with Gasteiger partial charge in [0.15, 0.2) is 0 Å². The van der Waals surface area contributed by atoms with Crippen LogP contribution in [0.25, 0.3) is 11.1 Å². The Kier molecular flexibility index (Phi) is 7.54. The lowest BCUT2D eigenvalue weighted by molar-refractivity contribution is -0.141. The molecule has 0 aliphatic heterocycles. The second-order valence-electron chi connectivity index (χ2n) is 8.44. The minimum Gasteiger partial charge on any atom is -0.480 e. The Morgan fingerprint density at radius 3 is 2.27 bits per heavy atom. The first-order chi connectivity index (χ1) is 16.0. The van der Waals surface area contributed by atoms with Crippen molar-refractivity contribution in [2.45, 2.75) is 31.2 Å². The molecule has 3 N–H and O–H groups in total. The van der Waals surface area contributed by atoms with Crippen LogP contribution in [0, 0.1) is 5.92 Å². The fraction of sp³-hybridized carbons (Fsp3) is 0.400. The number of carbonyl (C=O) groups excluding carboxylic acids is 2. The molecule has 2 amide bonds. The maximum absolute atomic E-state index is 12.2. The van der Waals surface area contributed by atoms with Gasteiger partial charge in [0.25, 0.3) is 0 Å². The molecule has 4 rings (SSSR count). The molecule has 1 saturated carbocycles. The number of hydrogen-bond acceptors (Lipinski definition) is 5. The Morgan fingerprint density at radius 2 is 1.67 bits per heavy atom. The quantitative estimate of drug-likeness (QED) is 0.435. The highest BCUT2D eigenvalue weighted by Crippen LogP contribution is 2.44. The third-order valence-electron chi connectivity index (χ3n) is 5.99. The number of fused-ring (bicyclic) bond motifs is 3. The van der Waals surface area contributed by atoms with Crippen molar-refractivity contribution in [3.63, 3.8) is 0 Å². The van der Waals surface area contributed by atoms with Crippen LogP contribution in [0.5, 0.6) is 0 Å². The zero-order valence-corrected chi connectivity index (χ0v) is 19.1. The number of nitrogens with one attached hydrogen (secondary N) is 2. The minimum atomic E-state index is -0.989. The largest absolute Gasteiger partial charge is 0.480 e. The van der Waals surface area contributed by atoms with Crippen molar-refractivity contribution in [2.75, 3.05) is 24.7 Å². The summed E-state index contributed by atoms with van der Waals surface area (Å²) >= 11 is 1.34. The first kappa shape index (κ1) is 23.2. The Hall–Kier alpha value is -3.00. The molecule has 2 aliphatic carbocycles. The molecule has 2 aromatic carbocycles. The smallest absolute Gasteiger partial charge is 0.407 e. The molecular weight excluding hydrogens is 440 g/mol. The number of aliphatic carboxylic acids is 1. The maximum atomic E-state index is 12.2. The molecule has 0 saturated heterocycles. The van der Waals surface area contributed by atoms with Crippen molar-refractivity contribution >= 4 is 29.7 Å². The fourth-order valence-corrected chi connectivity index (χ4v) is 4.84. The van der Waals surface area contributed by atoms with Gasteiger partial charge in [-0.1, -0.05) is 61.4 Å². The lowest BCUT2D eigenvalue weighted by atomic mass is 9.98. The third kappa shape index (κ3) is 6.07. The highest BCUT2D eigenvalue weighted by atomic mass is 32.2. The number of carboxylic acid groups (broad SMARTS) is 1. The van der Waals surface area contributed by atoms with Gasteiger partial charge in [-0.05, 0) is 34.6 Å². The number of alkyl carbamates (subject to hydrolysis) is 1. The summed E-state index contributed by atoms with van der Waals surface area (Å²) in [6, 6.07) is 15.5. The van der Waals surface area contributed by atoms with Gasteiger partial charge in [-0.2, -0.15) is 11.8 Å². The summed E-state index contributed by atoms with van der Waals surface area (Å²) in [5.41, 5.74) is 4.68. The number of rotatable bonds is 11. The Labute approximate surface area is 197 Å². The number of hydrogen-bond donors (Lipinski definition) is 3. The van der Waals surface area contributed by atoms with E-state index in [2.05, 4.69) is 34.9 Å². The lowest BCUT2D eigenvalue weighted by Gasteiger charge is -2.15. The molecule has 0 heterocycles. The molecule has 2 aromatic rings. The lowest BCUT2D eigenvalue weighted by Crippen LogP contribution is -2.42. The second kappa shape index (κ2) is 10.7. The van der Waals surface area contributed by atoms with E-state index in [9.17, 15) is 19.5 Å². The molecule has 0 aromatic heterocycles. The maximum Gasteiger partial charge on any atom is 0.407 e. The molecule has 33 heavy (non-hydrogen) atoms. The first-order valence-electron chi connectivity index (χ1n) is 11.2. The summed E-state index contributed by atoms with van der Waals surface area (Å²) < 4.78 is 5.49. The summed E-state index contributed by atoms with van der Waals surface area (Å²) in [5, 5.41) is 14.5. The predicted octanol–water partition coefficient (Wildman–Crippen LogP) is 3.63. The zero-order chi connectivity index (χ0) is 23.2. The van der Waals surface area contributed by atoms with E-state index in [1.165, 1.54) is 22.9 Å². The zero-order valence-electron chi connectivity index (χ0n) is 18.3. The van der Waals surface area contributed by atoms with E-state index in [1.54, 1.807) is 0 Å². The van der Waals surface area contributed by atoms with Crippen LogP contribution in [-0.4, -0.2) is 53.8 Å². The van der Waals surface area contributed by atoms with Gasteiger partial charge < -0.3 is 20.5 Å². The van der Waals surface area contributed by atoms with E-state index >= 15 is 0 Å². The minimum absolute atomic E-state index is 0.0130. The van der Waals surface area contributed by atoms with Crippen LogP contribution < -0.4 is 10.6 Å². The van der Waals surface area contributed by atoms with Crippen LogP contribution in [0.1, 0.15) is 36.3 Å². The van der Waals surface area contributed by atoms with E-state index in [4.69, 9.17) is 4.74 Å². The van der Waals surface area contributed by atoms with Crippen molar-refractivity contribution in [1.29, 1.82) is 0 Å². The van der Waals surface area contributed by atoms with Crippen LogP contribution in [0.15, 0.2) is 48.5 Å². The van der Waals surface area contributed by atoms with E-state index in [-0.39, 0.29) is 24.2 Å². The van der Waals surface area contributed by atoms with E-state index < -0.39 is 18.1 Å². The van der Waals surface area contributed by atoms with E-state index in [0.717, 1.165) is 24.0 Å². The Morgan fingerprint density at radius 1 is 1.03 bits per heavy atom. The van der Waals surface area contributed by atoms with Gasteiger partial charge in [-0.3, -0.25) is 4.79 Å². The van der Waals surface area contributed by atoms with Crippen molar-refractivity contribution in [3.05, 3.63) is 59.7 Å². The van der Waals surface area contributed by atoms with Crippen LogP contribution >= 0.6 is 11.8 Å². The second-order valence-corrected chi connectivity index (χ2v) is 9.55. The van der Waals surface area contributed by atoms with Crippen molar-refractivity contribution < 1.29 is 24.2 Å². The van der Waals surface area contributed by atoms with Gasteiger partial charge in [0.2, 0.25) is 5.91 Å². The van der Waals surface area contributed by atoms with Gasteiger partial charge in [0.1, 0.15) is 12.6 Å². The molecule has 0 spiro atoms. The highest BCUT2D eigenvalue weighted by Gasteiger charge is 2.30. The molecule has 1 atom stereocenters. The molecule has 0 radical (unpaired) electrons. The normalized spacial score (nSPS) is 15.3. The monoisotopic (exact) mass is 468 g/mol. The van der Waals surface area contributed by atoms with E-state index in [0.29, 0.717) is 24.6 Å². The van der Waals surface area contributed by atoms with Gasteiger partial charge in [-0.15, -0.1) is 0 Å². The van der Waals surface area contributed by atoms with Crippen LogP contribution in [0.3, 0.4) is 0 Å². The summed E-state index contributed by atoms with van der Waals surface area (Å²) in [5.74, 6) is -0.176. The molecule has 1 unspecified atom stereocenters. The molecule has 8 heteroatoms. The number of amides is 2. The third-order valence-corrected chi connectivity index (χ3v) is 6.95. The molecule has 0 bridgehead atoms. The van der Waals surface area contributed by atoms with Gasteiger partial charge >= 0.3 is 12.1 Å². The van der Waals surface area contributed by atoms with Gasteiger partial charge in [0, 0.05) is 18.2 Å². The molecule has 174 valence electrons. The van der Waals surface area contributed by atoms with Crippen molar-refractivity contribution in [2.24, 2.45) is 5.92 Å². The highest BCUT2D eigenvalue weighted by molar-refractivity contribution is 7.99. The summed E-state index contributed by atoms with van der Waals surface area (Å²) in [6.07, 6.45) is 2.08. The summed E-state index contributed by atoms with van der Waals surface area (Å²) in [7, 11) is 0. The number of benzene rings is 2. The molecule has 2 aliphatic rings.